The van der Waals surface area contributed by atoms with Crippen molar-refractivity contribution < 1.29 is 18.0 Å². The van der Waals surface area contributed by atoms with Gasteiger partial charge >= 0.3 is 6.18 Å². The highest BCUT2D eigenvalue weighted by molar-refractivity contribution is 6.15. The van der Waals surface area contributed by atoms with Gasteiger partial charge in [0.25, 0.3) is 5.91 Å². The maximum absolute atomic E-state index is 13.3. The lowest BCUT2D eigenvalue weighted by Crippen LogP contribution is -2.39. The maximum Gasteiger partial charge on any atom is 0.451 e. The van der Waals surface area contributed by atoms with E-state index in [1.807, 2.05) is 36.4 Å². The smallest absolute Gasteiger partial charge is 0.329 e. The fraction of sp³-hybridized carbons (Fsp3) is 0.200. The first-order chi connectivity index (χ1) is 13.9. The molecule has 9 heteroatoms. The van der Waals surface area contributed by atoms with E-state index in [4.69, 9.17) is 0 Å². The van der Waals surface area contributed by atoms with Crippen LogP contribution in [0.3, 0.4) is 0 Å². The minimum atomic E-state index is -4.57. The van der Waals surface area contributed by atoms with Crippen molar-refractivity contribution in [2.24, 2.45) is 0 Å². The SMILES string of the molecule is O=C(c1cc2ccccc2c2cccnc12)N1CCn2c(nnc2C(F)(F)F)C1. The second-order valence-electron chi connectivity index (χ2n) is 6.86. The molecule has 0 fully saturated rings. The van der Waals surface area contributed by atoms with Gasteiger partial charge in [-0.05, 0) is 22.9 Å². The van der Waals surface area contributed by atoms with Crippen LogP contribution in [0.1, 0.15) is 22.0 Å². The fourth-order valence-corrected chi connectivity index (χ4v) is 3.80. The van der Waals surface area contributed by atoms with Gasteiger partial charge in [0.05, 0.1) is 17.6 Å². The Morgan fingerprint density at radius 1 is 1.00 bits per heavy atom. The van der Waals surface area contributed by atoms with Gasteiger partial charge < -0.3 is 9.47 Å². The molecular weight excluding hydrogens is 383 g/mol. The zero-order valence-electron chi connectivity index (χ0n) is 15.0. The van der Waals surface area contributed by atoms with Gasteiger partial charge in [0.1, 0.15) is 0 Å². The molecule has 0 aliphatic carbocycles. The Balaban J connectivity index is 1.56. The van der Waals surface area contributed by atoms with Gasteiger partial charge in [0.15, 0.2) is 5.82 Å². The molecule has 0 spiro atoms. The molecule has 4 aromatic rings. The number of halogens is 3. The number of rotatable bonds is 1. The summed E-state index contributed by atoms with van der Waals surface area (Å²) in [5.74, 6) is -1.20. The number of pyridine rings is 1. The minimum Gasteiger partial charge on any atom is -0.329 e. The molecule has 5 rings (SSSR count). The van der Waals surface area contributed by atoms with Gasteiger partial charge in [-0.3, -0.25) is 9.78 Å². The highest BCUT2D eigenvalue weighted by atomic mass is 19.4. The van der Waals surface area contributed by atoms with Crippen molar-refractivity contribution in [3.63, 3.8) is 0 Å². The van der Waals surface area contributed by atoms with Crippen LogP contribution in [0, 0.1) is 0 Å². The number of nitrogens with zero attached hydrogens (tertiary/aromatic N) is 5. The Labute approximate surface area is 162 Å². The van der Waals surface area contributed by atoms with E-state index in [1.54, 1.807) is 12.3 Å². The number of fused-ring (bicyclic) bond motifs is 4. The number of aromatic nitrogens is 4. The summed E-state index contributed by atoms with van der Waals surface area (Å²) < 4.78 is 40.1. The molecule has 6 nitrogen and oxygen atoms in total. The van der Waals surface area contributed by atoms with Gasteiger partial charge in [-0.1, -0.05) is 30.3 Å². The molecule has 2 aromatic carbocycles. The first-order valence-electron chi connectivity index (χ1n) is 8.98. The van der Waals surface area contributed by atoms with Crippen molar-refractivity contribution in [1.29, 1.82) is 0 Å². The number of carbonyl (C=O) groups is 1. The summed E-state index contributed by atoms with van der Waals surface area (Å²) in [7, 11) is 0. The Kier molecular flexibility index (Phi) is 3.80. The molecule has 1 aliphatic rings. The third-order valence-electron chi connectivity index (χ3n) is 5.14. The van der Waals surface area contributed by atoms with Crippen LogP contribution in [-0.4, -0.2) is 37.1 Å². The molecule has 1 aliphatic heterocycles. The van der Waals surface area contributed by atoms with Crippen LogP contribution < -0.4 is 0 Å². The summed E-state index contributed by atoms with van der Waals surface area (Å²) in [4.78, 5) is 19.2. The molecule has 1 amide bonds. The van der Waals surface area contributed by atoms with Crippen LogP contribution in [0.15, 0.2) is 48.7 Å². The molecule has 0 radical (unpaired) electrons. The van der Waals surface area contributed by atoms with Crippen molar-refractivity contribution in [3.05, 3.63) is 65.9 Å². The lowest BCUT2D eigenvalue weighted by Gasteiger charge is -2.28. The van der Waals surface area contributed by atoms with Crippen LogP contribution in [0.25, 0.3) is 21.7 Å². The lowest BCUT2D eigenvalue weighted by molar-refractivity contribution is -0.147. The van der Waals surface area contributed by atoms with E-state index in [0.717, 1.165) is 20.7 Å². The molecule has 0 saturated carbocycles. The second-order valence-corrected chi connectivity index (χ2v) is 6.86. The Morgan fingerprint density at radius 2 is 1.79 bits per heavy atom. The van der Waals surface area contributed by atoms with Crippen molar-refractivity contribution in [2.75, 3.05) is 6.54 Å². The van der Waals surface area contributed by atoms with E-state index < -0.39 is 12.0 Å². The third kappa shape index (κ3) is 2.81. The topological polar surface area (TPSA) is 63.9 Å². The van der Waals surface area contributed by atoms with Crippen LogP contribution >= 0.6 is 0 Å². The predicted octanol–water partition coefficient (Wildman–Crippen LogP) is 3.65. The van der Waals surface area contributed by atoms with Crippen molar-refractivity contribution >= 4 is 27.6 Å². The number of hydrogen-bond acceptors (Lipinski definition) is 4. The van der Waals surface area contributed by atoms with Gasteiger partial charge in [-0.15, -0.1) is 10.2 Å². The first kappa shape index (κ1) is 17.6. The fourth-order valence-electron chi connectivity index (χ4n) is 3.80. The molecule has 29 heavy (non-hydrogen) atoms. The number of benzene rings is 2. The molecule has 146 valence electrons. The van der Waals surface area contributed by atoms with Gasteiger partial charge in [-0.25, -0.2) is 0 Å². The summed E-state index contributed by atoms with van der Waals surface area (Å²) >= 11 is 0. The number of carbonyl (C=O) groups excluding carboxylic acids is 1. The van der Waals surface area contributed by atoms with Gasteiger partial charge in [-0.2, -0.15) is 13.2 Å². The van der Waals surface area contributed by atoms with Crippen LogP contribution in [0.2, 0.25) is 0 Å². The molecule has 3 heterocycles. The van der Waals surface area contributed by atoms with Crippen molar-refractivity contribution in [1.82, 2.24) is 24.6 Å². The highest BCUT2D eigenvalue weighted by Gasteiger charge is 2.40. The zero-order valence-corrected chi connectivity index (χ0v) is 15.0. The quantitative estimate of drug-likeness (QED) is 0.460. The van der Waals surface area contributed by atoms with E-state index in [9.17, 15) is 18.0 Å². The van der Waals surface area contributed by atoms with E-state index >= 15 is 0 Å². The lowest BCUT2D eigenvalue weighted by atomic mass is 10.00. The van der Waals surface area contributed by atoms with E-state index in [1.165, 1.54) is 4.90 Å². The Bertz CT molecular complexity index is 1260. The predicted molar refractivity (Wildman–Crippen MR) is 99.0 cm³/mol. The molecular formula is C20H14F3N5O. The number of alkyl halides is 3. The summed E-state index contributed by atoms with van der Waals surface area (Å²) in [5, 5.41) is 9.65. The zero-order chi connectivity index (χ0) is 20.2. The normalized spacial score (nSPS) is 14.4. The Morgan fingerprint density at radius 3 is 2.62 bits per heavy atom. The van der Waals surface area contributed by atoms with Gasteiger partial charge in [0, 0.05) is 24.7 Å². The standard InChI is InChI=1S/C20H14F3N5O/c21-20(22,23)19-26-25-16-11-27(8-9-28(16)19)18(29)15-10-12-4-1-2-5-13(12)14-6-3-7-24-17(14)15/h1-7,10H,8-9,11H2. The Hall–Kier alpha value is -3.49. The summed E-state index contributed by atoms with van der Waals surface area (Å²) in [6.45, 7) is 0.0824. The van der Waals surface area contributed by atoms with E-state index in [-0.39, 0.29) is 31.4 Å². The molecule has 0 saturated heterocycles. The van der Waals surface area contributed by atoms with Crippen LogP contribution in [0.4, 0.5) is 13.2 Å². The maximum atomic E-state index is 13.3. The van der Waals surface area contributed by atoms with E-state index in [0.29, 0.717) is 11.1 Å². The van der Waals surface area contributed by atoms with Crippen molar-refractivity contribution in [3.8, 4) is 0 Å². The minimum absolute atomic E-state index is 0.0120. The largest absolute Gasteiger partial charge is 0.451 e. The van der Waals surface area contributed by atoms with Gasteiger partial charge in [0.2, 0.25) is 5.82 Å². The molecule has 2 aromatic heterocycles. The third-order valence-corrected chi connectivity index (χ3v) is 5.14. The highest BCUT2D eigenvalue weighted by Crippen LogP contribution is 2.31. The molecule has 0 bridgehead atoms. The molecule has 0 atom stereocenters. The monoisotopic (exact) mass is 397 g/mol. The average molecular weight is 397 g/mol. The summed E-state index contributed by atoms with van der Waals surface area (Å²) in [5.41, 5.74) is 0.988. The molecule has 0 unspecified atom stereocenters. The average Bonchev–Trinajstić information content (AvgIpc) is 3.16. The number of hydrogen-bond donors (Lipinski definition) is 0. The van der Waals surface area contributed by atoms with E-state index in [2.05, 4.69) is 15.2 Å². The second kappa shape index (κ2) is 6.26. The first-order valence-corrected chi connectivity index (χ1v) is 8.98. The van der Waals surface area contributed by atoms with Crippen molar-refractivity contribution in [2.45, 2.75) is 19.3 Å². The summed E-state index contributed by atoms with van der Waals surface area (Å²) in [6, 6.07) is 13.2. The number of amides is 1. The van der Waals surface area contributed by atoms with Crippen LogP contribution in [-0.2, 0) is 19.3 Å². The van der Waals surface area contributed by atoms with Crippen LogP contribution in [0.5, 0.6) is 0 Å². The summed E-state index contributed by atoms with van der Waals surface area (Å²) in [6.07, 6.45) is -2.95. The molecule has 0 N–H and O–H groups in total.